The Hall–Kier alpha value is -5.42. The van der Waals surface area contributed by atoms with Crippen molar-refractivity contribution in [2.24, 2.45) is 0 Å². The fourth-order valence-corrected chi connectivity index (χ4v) is 13.5. The minimum Gasteiger partial charge on any atom is -0.385 e. The van der Waals surface area contributed by atoms with Gasteiger partial charge < -0.3 is 13.2 Å². The van der Waals surface area contributed by atoms with E-state index in [-0.39, 0.29) is 17.1 Å². The summed E-state index contributed by atoms with van der Waals surface area (Å²) >= 11 is 0. The summed E-state index contributed by atoms with van der Waals surface area (Å²) in [6.45, 7) is -3.08. The van der Waals surface area contributed by atoms with Gasteiger partial charge in [0.05, 0.1) is 0 Å². The zero-order chi connectivity index (χ0) is 42.3. The summed E-state index contributed by atoms with van der Waals surface area (Å²) in [6.07, 6.45) is 0. The largest absolute Gasteiger partial charge is 1.00 e. The predicted molar refractivity (Wildman–Crippen MR) is 262 cm³/mol. The molecular weight excluding hydrogens is 874 g/mol. The fourth-order valence-electron chi connectivity index (χ4n) is 6.54. The molecule has 0 saturated heterocycles. The zero-order valence-electron chi connectivity index (χ0n) is 33.8. The van der Waals surface area contributed by atoms with E-state index in [0.29, 0.717) is 0 Å². The number of benzene rings is 9. The van der Waals surface area contributed by atoms with Gasteiger partial charge in [-0.25, -0.2) is 0 Å². The van der Waals surface area contributed by atoms with E-state index < -0.39 is 30.4 Å². The van der Waals surface area contributed by atoms with Crippen molar-refractivity contribution < 1.29 is 30.2 Å². The second kappa shape index (κ2) is 26.8. The van der Waals surface area contributed by atoms with Crippen molar-refractivity contribution in [1.29, 1.82) is 0 Å². The van der Waals surface area contributed by atoms with Gasteiger partial charge in [0.2, 0.25) is 0 Å². The van der Waals surface area contributed by atoms with Crippen molar-refractivity contribution in [3.8, 4) is 0 Å². The van der Waals surface area contributed by atoms with Crippen LogP contribution in [0.1, 0.15) is 0 Å². The topological polar surface area (TPSA) is 0 Å². The van der Waals surface area contributed by atoms with Gasteiger partial charge in [-0.1, -0.05) is 273 Å². The molecule has 312 valence electrons. The maximum Gasteiger partial charge on any atom is 1.00 e. The average Bonchev–Trinajstić information content (AvgIpc) is 3.33. The van der Waals surface area contributed by atoms with Crippen LogP contribution in [0.2, 0.25) is 0 Å². The minimum atomic E-state index is -3.08. The molecule has 0 aliphatic heterocycles. The van der Waals surface area contributed by atoms with E-state index in [2.05, 4.69) is 273 Å². The zero-order valence-corrected chi connectivity index (χ0v) is 37.4. The van der Waals surface area contributed by atoms with Gasteiger partial charge in [0.25, 0.3) is 0 Å². The van der Waals surface area contributed by atoms with E-state index >= 15 is 0 Å². The Morgan fingerprint density at radius 2 is 0.274 bits per heavy atom. The summed E-state index contributed by atoms with van der Waals surface area (Å²) in [5.41, 5.74) is 0. The first-order chi connectivity index (χ1) is 30.1. The average molecular weight is 919 g/mol. The Balaban J connectivity index is 0.000000167. The molecule has 0 radical (unpaired) electrons. The first kappa shape index (κ1) is 47.6. The van der Waals surface area contributed by atoms with Crippen molar-refractivity contribution in [1.82, 2.24) is 0 Å². The molecule has 0 bridgehead atoms. The Labute approximate surface area is 379 Å². The van der Waals surface area contributed by atoms with Crippen molar-refractivity contribution in [2.45, 2.75) is 0 Å². The smallest absolute Gasteiger partial charge is 0.385 e. The van der Waals surface area contributed by atoms with Crippen LogP contribution in [0.4, 0.5) is 13.2 Å². The van der Waals surface area contributed by atoms with Crippen LogP contribution in [-0.4, -0.2) is 0 Å². The summed E-state index contributed by atoms with van der Waals surface area (Å²) in [4.78, 5) is 0. The first-order valence-electron chi connectivity index (χ1n) is 19.8. The first-order valence-corrected chi connectivity index (χ1v) is 23.8. The van der Waals surface area contributed by atoms with Crippen LogP contribution in [0.5, 0.6) is 0 Å². The second-order valence-electron chi connectivity index (χ2n) is 13.2. The van der Waals surface area contributed by atoms with Gasteiger partial charge in [0, 0.05) is 0 Å². The van der Waals surface area contributed by atoms with E-state index in [0.717, 1.165) is 0 Å². The van der Waals surface area contributed by atoms with E-state index in [4.69, 9.17) is 0 Å². The molecule has 7 heteroatoms. The van der Waals surface area contributed by atoms with Crippen molar-refractivity contribution in [3.63, 3.8) is 0 Å². The normalized spacial score (nSPS) is 10.3. The van der Waals surface area contributed by atoms with E-state index in [1.165, 1.54) is 47.7 Å². The van der Waals surface area contributed by atoms with Gasteiger partial charge >= 0.3 is 17.1 Å². The monoisotopic (exact) mass is 918 g/mol. The minimum absolute atomic E-state index is 0. The third-order valence-corrected chi connectivity index (χ3v) is 16.5. The molecule has 9 aromatic carbocycles. The molecule has 0 aliphatic rings. The van der Waals surface area contributed by atoms with E-state index in [9.17, 15) is 13.2 Å². The van der Waals surface area contributed by atoms with Crippen LogP contribution in [0, 0.1) is 6.68 Å². The molecule has 0 aliphatic carbocycles. The van der Waals surface area contributed by atoms with Crippen LogP contribution < -0.4 is 47.7 Å². The third-order valence-electron chi connectivity index (χ3n) is 9.13. The predicted octanol–water partition coefficient (Wildman–Crippen LogP) is 11.7. The number of hydrogen-bond donors (Lipinski definition) is 0. The SMILES string of the molecule is F[C-](F)F.[Cu+].c1ccc(P(c2ccccc2)c2ccccc2)cc1.c1ccc(P(c2ccccc2)c2ccccc2)cc1.c1ccc(P(c2ccccc2)c2ccccc2)cc1. The number of halogens is 3. The van der Waals surface area contributed by atoms with Crippen LogP contribution in [0.25, 0.3) is 0 Å². The van der Waals surface area contributed by atoms with Crippen molar-refractivity contribution >= 4 is 71.5 Å². The van der Waals surface area contributed by atoms with Crippen molar-refractivity contribution in [3.05, 3.63) is 280 Å². The number of rotatable bonds is 9. The van der Waals surface area contributed by atoms with E-state index in [1.807, 2.05) is 0 Å². The van der Waals surface area contributed by atoms with Gasteiger partial charge in [-0.05, 0) is 71.5 Å². The fraction of sp³-hybridized carbons (Fsp3) is 0. The molecule has 62 heavy (non-hydrogen) atoms. The molecular formula is C55H45CuF3P3. The van der Waals surface area contributed by atoms with Gasteiger partial charge in [0.1, 0.15) is 0 Å². The Kier molecular flexibility index (Phi) is 20.6. The maximum absolute atomic E-state index is 9.58. The molecule has 0 spiro atoms. The molecule has 9 rings (SSSR count). The van der Waals surface area contributed by atoms with Crippen LogP contribution in [0.3, 0.4) is 0 Å². The maximum atomic E-state index is 9.58. The molecule has 0 aromatic heterocycles. The summed E-state index contributed by atoms with van der Waals surface area (Å²) in [7, 11) is -1.34. The number of hydrogen-bond acceptors (Lipinski definition) is 0. The van der Waals surface area contributed by atoms with Crippen molar-refractivity contribution in [2.75, 3.05) is 0 Å². The van der Waals surface area contributed by atoms with Gasteiger partial charge in [-0.2, -0.15) is 0 Å². The van der Waals surface area contributed by atoms with Gasteiger partial charge in [-0.15, -0.1) is 0 Å². The van der Waals surface area contributed by atoms with Crippen LogP contribution in [0.15, 0.2) is 273 Å². The quantitative estimate of drug-likeness (QED) is 0.0769. The van der Waals surface area contributed by atoms with Crippen LogP contribution >= 0.6 is 23.8 Å². The molecule has 0 heterocycles. The molecule has 0 amide bonds. The third kappa shape index (κ3) is 14.9. The van der Waals surface area contributed by atoms with Crippen LogP contribution in [-0.2, 0) is 17.1 Å². The molecule has 0 atom stereocenters. The second-order valence-corrected chi connectivity index (χ2v) is 19.9. The summed E-state index contributed by atoms with van der Waals surface area (Å²) < 4.78 is 28.8. The van der Waals surface area contributed by atoms with Gasteiger partial charge in [0.15, 0.2) is 6.68 Å². The summed E-state index contributed by atoms with van der Waals surface area (Å²) in [5.74, 6) is 0. The molecule has 0 unspecified atom stereocenters. The molecule has 9 aromatic rings. The molecule has 0 saturated carbocycles. The molecule has 0 nitrogen and oxygen atoms in total. The summed E-state index contributed by atoms with van der Waals surface area (Å²) in [5, 5.41) is 12.6. The molecule has 0 fully saturated rings. The Morgan fingerprint density at radius 3 is 0.355 bits per heavy atom. The summed E-state index contributed by atoms with van der Waals surface area (Å²) in [6, 6.07) is 97.0. The Morgan fingerprint density at radius 1 is 0.194 bits per heavy atom. The molecule has 0 N–H and O–H groups in total. The Bertz CT molecular complexity index is 1930. The van der Waals surface area contributed by atoms with Gasteiger partial charge in [-0.3, -0.25) is 0 Å². The van der Waals surface area contributed by atoms with E-state index in [1.54, 1.807) is 0 Å². The standard InChI is InChI=1S/3C18H15P.CF3.Cu/c3*1-4-10-16(11-5-1)19(17-12-6-2-7-13-17)18-14-8-3-9-15-18;2-1(3)4;/h3*1-15H;;/q;;;-1;+1.